The van der Waals surface area contributed by atoms with E-state index in [0.29, 0.717) is 34.5 Å². The molecule has 142 valence electrons. The average Bonchev–Trinajstić information content (AvgIpc) is 3.28. The molecule has 0 fully saturated rings. The molecule has 0 aliphatic carbocycles. The molecule has 5 heteroatoms. The number of benzene rings is 3. The summed E-state index contributed by atoms with van der Waals surface area (Å²) in [5.74, 6) is 1.30. The third-order valence-corrected chi connectivity index (χ3v) is 5.08. The lowest BCUT2D eigenvalue weighted by Gasteiger charge is -2.07. The summed E-state index contributed by atoms with van der Waals surface area (Å²) in [6, 6.07) is 20.7. The van der Waals surface area contributed by atoms with Gasteiger partial charge in [0.25, 0.3) is 0 Å². The van der Waals surface area contributed by atoms with Gasteiger partial charge in [0, 0.05) is 33.8 Å². The van der Waals surface area contributed by atoms with Crippen molar-refractivity contribution in [2.45, 2.75) is 6.61 Å². The second-order valence-electron chi connectivity index (χ2n) is 6.81. The molecule has 0 spiro atoms. The van der Waals surface area contributed by atoms with Crippen LogP contribution in [-0.2, 0) is 6.61 Å². The largest absolute Gasteiger partial charge is 0.489 e. The van der Waals surface area contributed by atoms with Crippen molar-refractivity contribution in [2.24, 2.45) is 0 Å². The maximum Gasteiger partial charge on any atom is 0.231 e. The van der Waals surface area contributed by atoms with Crippen molar-refractivity contribution < 1.29 is 14.3 Å². The monoisotopic (exact) mass is 401 g/mol. The number of ether oxygens (including phenoxy) is 2. The Morgan fingerprint density at radius 2 is 1.93 bits per heavy atom. The van der Waals surface area contributed by atoms with Crippen LogP contribution in [0.4, 0.5) is 0 Å². The Balaban J connectivity index is 1.38. The zero-order chi connectivity index (χ0) is 19.8. The van der Waals surface area contributed by atoms with Gasteiger partial charge in [0.15, 0.2) is 5.76 Å². The minimum absolute atomic E-state index is 0.133. The van der Waals surface area contributed by atoms with Crippen LogP contribution in [0.2, 0.25) is 5.02 Å². The number of rotatable bonds is 4. The summed E-state index contributed by atoms with van der Waals surface area (Å²) in [5, 5.41) is 1.71. The molecule has 0 amide bonds. The molecular weight excluding hydrogens is 386 g/mol. The molecule has 4 aromatic rings. The Morgan fingerprint density at radius 1 is 1.03 bits per heavy atom. The number of hydrogen-bond acceptors (Lipinski definition) is 3. The number of aromatic amines is 1. The van der Waals surface area contributed by atoms with Crippen molar-refractivity contribution in [1.29, 1.82) is 0 Å². The van der Waals surface area contributed by atoms with Gasteiger partial charge < -0.3 is 14.5 Å². The van der Waals surface area contributed by atoms with Crippen molar-refractivity contribution in [2.75, 3.05) is 0 Å². The number of para-hydroxylation sites is 1. The third-order valence-electron chi connectivity index (χ3n) is 4.84. The number of H-pyrrole nitrogens is 1. The molecule has 1 aliphatic heterocycles. The third kappa shape index (κ3) is 3.39. The van der Waals surface area contributed by atoms with Crippen LogP contribution in [0.15, 0.2) is 78.7 Å². The van der Waals surface area contributed by atoms with E-state index in [1.165, 1.54) is 0 Å². The minimum atomic E-state index is -0.133. The first-order chi connectivity index (χ1) is 14.2. The maximum atomic E-state index is 12.7. The molecule has 29 heavy (non-hydrogen) atoms. The number of ketones is 1. The van der Waals surface area contributed by atoms with E-state index in [-0.39, 0.29) is 5.78 Å². The van der Waals surface area contributed by atoms with Gasteiger partial charge in [0.2, 0.25) is 5.78 Å². The molecular formula is C24H16ClNO3. The summed E-state index contributed by atoms with van der Waals surface area (Å²) in [4.78, 5) is 15.9. The molecule has 1 aromatic heterocycles. The predicted molar refractivity (Wildman–Crippen MR) is 113 cm³/mol. The highest BCUT2D eigenvalue weighted by Crippen LogP contribution is 2.35. The summed E-state index contributed by atoms with van der Waals surface area (Å²) in [5.41, 5.74) is 3.43. The van der Waals surface area contributed by atoms with Gasteiger partial charge in [-0.2, -0.15) is 0 Å². The molecule has 4 nitrogen and oxygen atoms in total. The highest BCUT2D eigenvalue weighted by molar-refractivity contribution is 6.30. The van der Waals surface area contributed by atoms with E-state index in [1.807, 2.05) is 54.7 Å². The number of aromatic nitrogens is 1. The van der Waals surface area contributed by atoms with E-state index >= 15 is 0 Å². The van der Waals surface area contributed by atoms with E-state index in [4.69, 9.17) is 21.1 Å². The average molecular weight is 402 g/mol. The molecule has 0 bridgehead atoms. The maximum absolute atomic E-state index is 12.7. The van der Waals surface area contributed by atoms with Crippen LogP contribution in [0.25, 0.3) is 17.0 Å². The first-order valence-corrected chi connectivity index (χ1v) is 9.57. The van der Waals surface area contributed by atoms with Gasteiger partial charge in [-0.05, 0) is 42.0 Å². The van der Waals surface area contributed by atoms with Crippen LogP contribution in [-0.4, -0.2) is 10.8 Å². The van der Waals surface area contributed by atoms with Gasteiger partial charge in [-0.3, -0.25) is 4.79 Å². The normalized spacial score (nSPS) is 14.2. The quantitative estimate of drug-likeness (QED) is 0.425. The first-order valence-electron chi connectivity index (χ1n) is 9.19. The molecule has 2 heterocycles. The highest BCUT2D eigenvalue weighted by Gasteiger charge is 2.28. The molecule has 0 atom stereocenters. The lowest BCUT2D eigenvalue weighted by molar-refractivity contribution is 0.101. The van der Waals surface area contributed by atoms with E-state index in [0.717, 1.165) is 22.0 Å². The van der Waals surface area contributed by atoms with Crippen LogP contribution in [0.5, 0.6) is 11.5 Å². The lowest BCUT2D eigenvalue weighted by atomic mass is 10.1. The number of carbonyl (C=O) groups is 1. The number of hydrogen-bond donors (Lipinski definition) is 1. The number of fused-ring (bicyclic) bond motifs is 2. The standard InChI is InChI=1S/C24H16ClNO3/c25-17-5-3-4-15(10-17)14-28-18-8-9-20-22(12-18)29-23(24(20)27)11-16-13-26-21-7-2-1-6-19(16)21/h1-13,26H,14H2. The fourth-order valence-corrected chi connectivity index (χ4v) is 3.62. The van der Waals surface area contributed by atoms with Gasteiger partial charge in [-0.1, -0.05) is 41.9 Å². The van der Waals surface area contributed by atoms with Gasteiger partial charge in [0.05, 0.1) is 5.56 Å². The van der Waals surface area contributed by atoms with Crippen LogP contribution < -0.4 is 9.47 Å². The molecule has 0 saturated heterocycles. The Hall–Kier alpha value is -3.50. The van der Waals surface area contributed by atoms with Gasteiger partial charge in [-0.15, -0.1) is 0 Å². The number of Topliss-reactive ketones (excluding diaryl/α,β-unsaturated/α-hetero) is 1. The summed E-state index contributed by atoms with van der Waals surface area (Å²) in [7, 11) is 0. The fraction of sp³-hybridized carbons (Fsp3) is 0.0417. The van der Waals surface area contributed by atoms with Gasteiger partial charge in [-0.25, -0.2) is 0 Å². The molecule has 1 aliphatic rings. The van der Waals surface area contributed by atoms with Crippen molar-refractivity contribution >= 4 is 34.4 Å². The van der Waals surface area contributed by atoms with E-state index in [9.17, 15) is 4.79 Å². The second kappa shape index (κ2) is 7.15. The highest BCUT2D eigenvalue weighted by atomic mass is 35.5. The molecule has 1 N–H and O–H groups in total. The lowest BCUT2D eigenvalue weighted by Crippen LogP contribution is -1.97. The Labute approximate surface area is 172 Å². The predicted octanol–water partition coefficient (Wildman–Crippen LogP) is 6.02. The summed E-state index contributed by atoms with van der Waals surface area (Å²) >= 11 is 6.01. The summed E-state index contributed by atoms with van der Waals surface area (Å²) in [6.07, 6.45) is 3.64. The zero-order valence-corrected chi connectivity index (χ0v) is 16.1. The summed E-state index contributed by atoms with van der Waals surface area (Å²) in [6.45, 7) is 0.380. The smallest absolute Gasteiger partial charge is 0.231 e. The van der Waals surface area contributed by atoms with Gasteiger partial charge >= 0.3 is 0 Å². The molecule has 0 saturated carbocycles. The molecule has 3 aromatic carbocycles. The Kier molecular flexibility index (Phi) is 4.34. The van der Waals surface area contributed by atoms with Crippen LogP contribution in [0.3, 0.4) is 0 Å². The van der Waals surface area contributed by atoms with Crippen molar-refractivity contribution in [3.05, 3.63) is 100 Å². The van der Waals surface area contributed by atoms with E-state index in [1.54, 1.807) is 24.3 Å². The van der Waals surface area contributed by atoms with Crippen molar-refractivity contribution in [3.8, 4) is 11.5 Å². The van der Waals surface area contributed by atoms with Crippen molar-refractivity contribution in [3.63, 3.8) is 0 Å². The second-order valence-corrected chi connectivity index (χ2v) is 7.24. The summed E-state index contributed by atoms with van der Waals surface area (Å²) < 4.78 is 11.7. The number of nitrogens with one attached hydrogen (secondary N) is 1. The molecule has 0 unspecified atom stereocenters. The van der Waals surface area contributed by atoms with Crippen LogP contribution >= 0.6 is 11.6 Å². The fourth-order valence-electron chi connectivity index (χ4n) is 3.41. The Bertz CT molecular complexity index is 1270. The number of allylic oxidation sites excluding steroid dienone is 1. The zero-order valence-electron chi connectivity index (χ0n) is 15.3. The van der Waals surface area contributed by atoms with E-state index in [2.05, 4.69) is 4.98 Å². The van der Waals surface area contributed by atoms with Crippen molar-refractivity contribution in [1.82, 2.24) is 4.98 Å². The molecule has 0 radical (unpaired) electrons. The number of carbonyl (C=O) groups excluding carboxylic acids is 1. The van der Waals surface area contributed by atoms with Gasteiger partial charge in [0.1, 0.15) is 18.1 Å². The topological polar surface area (TPSA) is 51.3 Å². The Morgan fingerprint density at radius 3 is 2.83 bits per heavy atom. The molecule has 5 rings (SSSR count). The van der Waals surface area contributed by atoms with Crippen LogP contribution in [0.1, 0.15) is 21.5 Å². The van der Waals surface area contributed by atoms with E-state index < -0.39 is 0 Å². The minimum Gasteiger partial charge on any atom is -0.489 e. The first kappa shape index (κ1) is 17.6. The van der Waals surface area contributed by atoms with Crippen LogP contribution in [0, 0.1) is 0 Å². The SMILES string of the molecule is O=C1C(=Cc2c[nH]c3ccccc23)Oc2cc(OCc3cccc(Cl)c3)ccc21. The number of halogens is 1.